The third-order valence-electron chi connectivity index (χ3n) is 8.96. The van der Waals surface area contributed by atoms with Crippen LogP contribution in [0.5, 0.6) is 0 Å². The largest absolute Gasteiger partial charge is 0.456 e. The van der Waals surface area contributed by atoms with Crippen molar-refractivity contribution in [1.82, 2.24) is 15.5 Å². The first-order valence-corrected chi connectivity index (χ1v) is 17.3. The molecule has 3 amide bonds. The summed E-state index contributed by atoms with van der Waals surface area (Å²) >= 11 is 0. The second-order valence-electron chi connectivity index (χ2n) is 12.9. The van der Waals surface area contributed by atoms with E-state index in [0.717, 1.165) is 11.1 Å². The first-order valence-electron chi connectivity index (χ1n) is 17.3. The summed E-state index contributed by atoms with van der Waals surface area (Å²) in [5.74, 6) is -2.90. The number of nitrogens with one attached hydrogen (secondary N) is 2. The van der Waals surface area contributed by atoms with Gasteiger partial charge in [0.1, 0.15) is 18.3 Å². The Morgan fingerprint density at radius 3 is 2.19 bits per heavy atom. The summed E-state index contributed by atoms with van der Waals surface area (Å²) < 4.78 is 19.8. The summed E-state index contributed by atoms with van der Waals surface area (Å²) in [4.78, 5) is 53.5. The fourth-order valence-electron chi connectivity index (χ4n) is 6.27. The maximum absolute atomic E-state index is 13.8. The number of carbonyl (C=O) groups excluding carboxylic acids is 4. The Bertz CT molecular complexity index is 1970. The minimum atomic E-state index is -1.36. The molecular weight excluding hydrogens is 674 g/mol. The number of hydrogen-bond donors (Lipinski definition) is 3. The molecule has 11 heteroatoms. The minimum absolute atomic E-state index is 0.0439. The van der Waals surface area contributed by atoms with Crippen LogP contribution in [0.15, 0.2) is 127 Å². The molecule has 0 saturated carbocycles. The lowest BCUT2D eigenvalue weighted by Crippen LogP contribution is -2.43. The zero-order valence-corrected chi connectivity index (χ0v) is 29.4. The Morgan fingerprint density at radius 1 is 0.830 bits per heavy atom. The van der Waals surface area contributed by atoms with E-state index in [1.807, 2.05) is 60.7 Å². The van der Waals surface area contributed by atoms with Gasteiger partial charge in [-0.1, -0.05) is 84.9 Å². The van der Waals surface area contributed by atoms with Gasteiger partial charge in [-0.15, -0.1) is 0 Å². The number of rotatable bonds is 12. The van der Waals surface area contributed by atoms with Crippen molar-refractivity contribution in [3.63, 3.8) is 0 Å². The van der Waals surface area contributed by atoms with Gasteiger partial charge in [-0.25, -0.2) is 4.79 Å². The lowest BCUT2D eigenvalue weighted by molar-refractivity contribution is -0.157. The highest BCUT2D eigenvalue weighted by Crippen LogP contribution is 2.47. The normalized spacial score (nSPS) is 18.8. The molecule has 3 atom stereocenters. The number of nitrogens with zero attached hydrogens (tertiary/aromatic N) is 1. The standard InChI is InChI=1S/C42H41N3O8/c1-45(2)37(47)20-19-28-11-9-14-31(23-28)41(50)51-35-25-32(40(49)44-27-29-12-10-13-30(24-29)39(48)43-21-22-46)26-36-38(35)53-42(52-36,33-15-5-3-6-16-33)34-17-7-4-8-18-34/h3-20,23-24,26,35-36,38,46H,21-22,25,27H2,1-2H3,(H,43,48)(H,44,49)/t35-,36-,38+/m1/s1. The molecule has 1 fully saturated rings. The number of amides is 3. The van der Waals surface area contributed by atoms with E-state index in [9.17, 15) is 19.2 Å². The summed E-state index contributed by atoms with van der Waals surface area (Å²) in [6.45, 7) is 0.0792. The van der Waals surface area contributed by atoms with Gasteiger partial charge in [0.2, 0.25) is 17.6 Å². The average molecular weight is 716 g/mol. The van der Waals surface area contributed by atoms with Gasteiger partial charge < -0.3 is 34.9 Å². The van der Waals surface area contributed by atoms with Crippen LogP contribution in [0, 0.1) is 0 Å². The van der Waals surface area contributed by atoms with Crippen LogP contribution in [0.25, 0.3) is 6.08 Å². The number of fused-ring (bicyclic) bond motifs is 1. The van der Waals surface area contributed by atoms with Crippen molar-refractivity contribution in [1.29, 1.82) is 0 Å². The summed E-state index contributed by atoms with van der Waals surface area (Å²) in [5.41, 5.74) is 3.82. The monoisotopic (exact) mass is 715 g/mol. The van der Waals surface area contributed by atoms with Gasteiger partial charge in [0.05, 0.1) is 12.2 Å². The molecule has 0 spiro atoms. The van der Waals surface area contributed by atoms with E-state index in [1.165, 1.54) is 11.0 Å². The molecule has 6 rings (SSSR count). The molecule has 53 heavy (non-hydrogen) atoms. The number of ether oxygens (including phenoxy) is 3. The molecule has 4 aromatic rings. The molecule has 0 unspecified atom stereocenters. The topological polar surface area (TPSA) is 144 Å². The predicted molar refractivity (Wildman–Crippen MR) is 197 cm³/mol. The first-order chi connectivity index (χ1) is 25.7. The van der Waals surface area contributed by atoms with Crippen molar-refractivity contribution in [3.8, 4) is 0 Å². The second-order valence-corrected chi connectivity index (χ2v) is 12.9. The van der Waals surface area contributed by atoms with Gasteiger partial charge in [0.15, 0.2) is 0 Å². The summed E-state index contributed by atoms with van der Waals surface area (Å²) in [6.07, 6.45) is 2.36. The molecule has 1 aliphatic carbocycles. The Balaban J connectivity index is 1.28. The zero-order chi connectivity index (χ0) is 37.4. The van der Waals surface area contributed by atoms with Crippen LogP contribution in [0.2, 0.25) is 0 Å². The van der Waals surface area contributed by atoms with Crippen molar-refractivity contribution >= 4 is 29.8 Å². The minimum Gasteiger partial charge on any atom is -0.456 e. The van der Waals surface area contributed by atoms with Gasteiger partial charge in [-0.2, -0.15) is 0 Å². The number of hydrogen-bond acceptors (Lipinski definition) is 8. The molecule has 0 bridgehead atoms. The highest BCUT2D eigenvalue weighted by molar-refractivity contribution is 5.96. The second kappa shape index (κ2) is 16.6. The van der Waals surface area contributed by atoms with E-state index < -0.39 is 36.0 Å². The highest BCUT2D eigenvalue weighted by atomic mass is 16.8. The molecule has 4 aromatic carbocycles. The highest BCUT2D eigenvalue weighted by Gasteiger charge is 2.55. The van der Waals surface area contributed by atoms with Crippen LogP contribution in [0.4, 0.5) is 0 Å². The van der Waals surface area contributed by atoms with Crippen molar-refractivity contribution in [2.75, 3.05) is 27.2 Å². The van der Waals surface area contributed by atoms with Crippen LogP contribution in [-0.4, -0.2) is 79.3 Å². The smallest absolute Gasteiger partial charge is 0.338 e. The molecule has 11 nitrogen and oxygen atoms in total. The van der Waals surface area contributed by atoms with E-state index in [-0.39, 0.29) is 43.5 Å². The Hall–Kier alpha value is -5.88. The zero-order valence-electron chi connectivity index (χ0n) is 29.4. The van der Waals surface area contributed by atoms with Crippen LogP contribution < -0.4 is 10.6 Å². The van der Waals surface area contributed by atoms with Crippen LogP contribution in [0.1, 0.15) is 49.4 Å². The average Bonchev–Trinajstić information content (AvgIpc) is 3.60. The molecule has 1 aliphatic heterocycles. The van der Waals surface area contributed by atoms with E-state index >= 15 is 0 Å². The van der Waals surface area contributed by atoms with Crippen LogP contribution in [-0.2, 0) is 36.1 Å². The van der Waals surface area contributed by atoms with E-state index in [1.54, 1.807) is 74.8 Å². The fraction of sp³-hybridized carbons (Fsp3) is 0.238. The third kappa shape index (κ3) is 8.61. The lowest BCUT2D eigenvalue weighted by atomic mass is 9.91. The van der Waals surface area contributed by atoms with Crippen molar-refractivity contribution in [2.24, 2.45) is 0 Å². The van der Waals surface area contributed by atoms with E-state index in [4.69, 9.17) is 19.3 Å². The van der Waals surface area contributed by atoms with Crippen molar-refractivity contribution in [2.45, 2.75) is 37.1 Å². The van der Waals surface area contributed by atoms with Gasteiger partial charge in [-0.05, 0) is 47.5 Å². The van der Waals surface area contributed by atoms with E-state index in [2.05, 4.69) is 10.6 Å². The molecule has 0 aromatic heterocycles. The van der Waals surface area contributed by atoms with Gasteiger partial charge in [0.25, 0.3) is 5.91 Å². The number of likely N-dealkylation sites (N-methyl/N-ethyl adjacent to an activating group) is 1. The maximum Gasteiger partial charge on any atom is 0.338 e. The summed E-state index contributed by atoms with van der Waals surface area (Å²) in [6, 6.07) is 32.5. The molecule has 3 N–H and O–H groups in total. The SMILES string of the molecule is CN(C)C(=O)C=Cc1cccc(C(=O)O[C@@H]2CC(C(=O)NCc3cccc(C(=O)NCCO)c3)=C[C@H]3OC(c4ccccc4)(c4ccccc4)O[C@H]32)c1. The number of aliphatic hydroxyl groups is 1. The molecular formula is C42H41N3O8. The Labute approximate surface area is 307 Å². The quantitative estimate of drug-likeness (QED) is 0.145. The van der Waals surface area contributed by atoms with Crippen molar-refractivity contribution in [3.05, 3.63) is 160 Å². The van der Waals surface area contributed by atoms with E-state index in [0.29, 0.717) is 22.3 Å². The number of carbonyl (C=O) groups is 4. The van der Waals surface area contributed by atoms with Gasteiger partial charge in [-0.3, -0.25) is 14.4 Å². The van der Waals surface area contributed by atoms with Crippen LogP contribution in [0.3, 0.4) is 0 Å². The molecule has 1 saturated heterocycles. The molecule has 0 radical (unpaired) electrons. The Kier molecular flexibility index (Phi) is 11.6. The van der Waals surface area contributed by atoms with Crippen LogP contribution >= 0.6 is 0 Å². The Morgan fingerprint density at radius 2 is 1.51 bits per heavy atom. The first kappa shape index (κ1) is 36.9. The molecule has 272 valence electrons. The molecule has 1 heterocycles. The summed E-state index contributed by atoms with van der Waals surface area (Å²) in [5, 5.41) is 14.6. The van der Waals surface area contributed by atoms with Gasteiger partial charge >= 0.3 is 5.97 Å². The lowest BCUT2D eigenvalue weighted by Gasteiger charge is -2.31. The third-order valence-corrected chi connectivity index (χ3v) is 8.96. The number of aliphatic hydroxyl groups excluding tert-OH is 1. The predicted octanol–water partition coefficient (Wildman–Crippen LogP) is 4.37. The molecule has 2 aliphatic rings. The number of esters is 1. The number of benzene rings is 4. The van der Waals surface area contributed by atoms with Gasteiger partial charge in [0, 0.05) is 61.9 Å². The summed E-state index contributed by atoms with van der Waals surface area (Å²) in [7, 11) is 3.31. The fourth-order valence-corrected chi connectivity index (χ4v) is 6.27. The van der Waals surface area contributed by atoms with Crippen molar-refractivity contribution < 1.29 is 38.5 Å². The maximum atomic E-state index is 13.8.